The summed E-state index contributed by atoms with van der Waals surface area (Å²) in [4.78, 5) is 26.2. The van der Waals surface area contributed by atoms with Gasteiger partial charge in [0.05, 0.1) is 5.69 Å². The van der Waals surface area contributed by atoms with Gasteiger partial charge in [-0.15, -0.1) is 0 Å². The van der Waals surface area contributed by atoms with Crippen molar-refractivity contribution in [2.45, 2.75) is 13.0 Å². The molecule has 1 atom stereocenters. The Morgan fingerprint density at radius 2 is 1.61 bits per heavy atom. The molecule has 6 heteroatoms. The Balaban J connectivity index is 1.48. The van der Waals surface area contributed by atoms with Gasteiger partial charge in [-0.25, -0.2) is 0 Å². The van der Waals surface area contributed by atoms with Crippen molar-refractivity contribution in [2.24, 2.45) is 0 Å². The van der Waals surface area contributed by atoms with Crippen molar-refractivity contribution in [3.63, 3.8) is 0 Å². The van der Waals surface area contributed by atoms with E-state index in [1.54, 1.807) is 36.4 Å². The van der Waals surface area contributed by atoms with E-state index in [0.717, 1.165) is 5.56 Å². The van der Waals surface area contributed by atoms with Crippen molar-refractivity contribution in [3.8, 4) is 11.5 Å². The lowest BCUT2D eigenvalue weighted by molar-refractivity contribution is -0.125. The number of benzene rings is 3. The first kappa shape index (κ1) is 18.9. The largest absolute Gasteiger partial charge is 0.485 e. The SMILES string of the molecule is Cc1ccc(C(=O)c2oc3ccccc3c2NC(=O)[C@@H]2COc3ccccc3O2)cc1. The van der Waals surface area contributed by atoms with E-state index in [9.17, 15) is 9.59 Å². The van der Waals surface area contributed by atoms with Crippen LogP contribution in [0.1, 0.15) is 21.7 Å². The number of para-hydroxylation sites is 3. The molecule has 0 aliphatic carbocycles. The van der Waals surface area contributed by atoms with Crippen LogP contribution in [-0.4, -0.2) is 24.4 Å². The number of nitrogens with one attached hydrogen (secondary N) is 1. The third-order valence-corrected chi connectivity index (χ3v) is 5.16. The molecule has 6 nitrogen and oxygen atoms in total. The molecule has 1 aliphatic heterocycles. The van der Waals surface area contributed by atoms with Gasteiger partial charge in [-0.3, -0.25) is 9.59 Å². The van der Waals surface area contributed by atoms with E-state index in [1.807, 2.05) is 43.3 Å². The van der Waals surface area contributed by atoms with Gasteiger partial charge < -0.3 is 19.2 Å². The third-order valence-electron chi connectivity index (χ3n) is 5.16. The van der Waals surface area contributed by atoms with E-state index in [0.29, 0.717) is 33.7 Å². The number of furan rings is 1. The van der Waals surface area contributed by atoms with Crippen LogP contribution in [0.2, 0.25) is 0 Å². The van der Waals surface area contributed by atoms with Crippen molar-refractivity contribution in [1.82, 2.24) is 0 Å². The van der Waals surface area contributed by atoms with Crippen molar-refractivity contribution >= 4 is 28.3 Å². The number of amides is 1. The molecule has 0 radical (unpaired) electrons. The van der Waals surface area contributed by atoms with Crippen molar-refractivity contribution < 1.29 is 23.5 Å². The van der Waals surface area contributed by atoms with E-state index in [4.69, 9.17) is 13.9 Å². The van der Waals surface area contributed by atoms with Crippen LogP contribution in [0.5, 0.6) is 11.5 Å². The summed E-state index contributed by atoms with van der Waals surface area (Å²) in [5.74, 6) is 0.449. The minimum atomic E-state index is -0.856. The predicted molar refractivity (Wildman–Crippen MR) is 116 cm³/mol. The summed E-state index contributed by atoms with van der Waals surface area (Å²) in [6.07, 6.45) is -0.856. The summed E-state index contributed by atoms with van der Waals surface area (Å²) in [6.45, 7) is 2.02. The molecule has 0 unspecified atom stereocenters. The predicted octanol–water partition coefficient (Wildman–Crippen LogP) is 4.75. The molecule has 1 N–H and O–H groups in total. The van der Waals surface area contributed by atoms with Crippen molar-refractivity contribution in [2.75, 3.05) is 11.9 Å². The average molecular weight is 413 g/mol. The number of ether oxygens (including phenoxy) is 2. The van der Waals surface area contributed by atoms with Crippen LogP contribution in [0, 0.1) is 6.92 Å². The molecule has 0 saturated carbocycles. The second-order valence-corrected chi connectivity index (χ2v) is 7.35. The van der Waals surface area contributed by atoms with E-state index in [2.05, 4.69) is 5.32 Å². The zero-order chi connectivity index (χ0) is 21.4. The Labute approximate surface area is 178 Å². The maximum atomic E-state index is 13.2. The number of anilines is 1. The molecule has 5 rings (SSSR count). The lowest BCUT2D eigenvalue weighted by Crippen LogP contribution is -2.40. The Kier molecular flexibility index (Phi) is 4.67. The van der Waals surface area contributed by atoms with Crippen LogP contribution in [0.3, 0.4) is 0 Å². The van der Waals surface area contributed by atoms with Gasteiger partial charge in [0.25, 0.3) is 5.91 Å². The summed E-state index contributed by atoms with van der Waals surface area (Å²) in [5.41, 5.74) is 2.36. The molecular formula is C25H19NO5. The maximum absolute atomic E-state index is 13.2. The zero-order valence-corrected chi connectivity index (χ0v) is 16.8. The first-order valence-electron chi connectivity index (χ1n) is 9.92. The molecule has 0 bridgehead atoms. The second kappa shape index (κ2) is 7.65. The normalized spacial score (nSPS) is 14.9. The highest BCUT2D eigenvalue weighted by Gasteiger charge is 2.30. The molecule has 31 heavy (non-hydrogen) atoms. The Hall–Kier alpha value is -4.06. The van der Waals surface area contributed by atoms with Crippen LogP contribution in [-0.2, 0) is 4.79 Å². The zero-order valence-electron chi connectivity index (χ0n) is 16.8. The van der Waals surface area contributed by atoms with Crippen LogP contribution < -0.4 is 14.8 Å². The molecule has 1 aliphatic rings. The number of fused-ring (bicyclic) bond motifs is 2. The van der Waals surface area contributed by atoms with Gasteiger partial charge in [-0.2, -0.15) is 0 Å². The van der Waals surface area contributed by atoms with Crippen LogP contribution >= 0.6 is 0 Å². The Morgan fingerprint density at radius 1 is 0.903 bits per heavy atom. The Morgan fingerprint density at radius 3 is 2.42 bits per heavy atom. The van der Waals surface area contributed by atoms with Crippen molar-refractivity contribution in [1.29, 1.82) is 0 Å². The fourth-order valence-corrected chi connectivity index (χ4v) is 3.52. The monoisotopic (exact) mass is 413 g/mol. The van der Waals surface area contributed by atoms with Gasteiger partial charge in [0.1, 0.15) is 12.2 Å². The fraction of sp³-hybridized carbons (Fsp3) is 0.120. The molecule has 0 fully saturated rings. The highest BCUT2D eigenvalue weighted by atomic mass is 16.6. The summed E-state index contributed by atoms with van der Waals surface area (Å²) in [6, 6.07) is 21.6. The highest BCUT2D eigenvalue weighted by molar-refractivity contribution is 6.17. The smallest absolute Gasteiger partial charge is 0.269 e. The lowest BCUT2D eigenvalue weighted by Gasteiger charge is -2.25. The summed E-state index contributed by atoms with van der Waals surface area (Å²) < 4.78 is 17.3. The maximum Gasteiger partial charge on any atom is 0.269 e. The van der Waals surface area contributed by atoms with E-state index in [1.165, 1.54) is 0 Å². The molecule has 4 aromatic rings. The number of hydrogen-bond donors (Lipinski definition) is 1. The number of carbonyl (C=O) groups is 2. The summed E-state index contributed by atoms with van der Waals surface area (Å²) in [5, 5.41) is 3.48. The van der Waals surface area contributed by atoms with Gasteiger partial charge in [0.2, 0.25) is 11.9 Å². The minimum absolute atomic E-state index is 0.0693. The van der Waals surface area contributed by atoms with E-state index >= 15 is 0 Å². The quantitative estimate of drug-likeness (QED) is 0.489. The van der Waals surface area contributed by atoms with Gasteiger partial charge >= 0.3 is 0 Å². The molecule has 1 amide bonds. The van der Waals surface area contributed by atoms with E-state index in [-0.39, 0.29) is 18.2 Å². The number of ketones is 1. The minimum Gasteiger partial charge on any atom is -0.485 e. The Bertz CT molecular complexity index is 1290. The standard InChI is InChI=1S/C25H19NO5/c1-15-10-12-16(13-11-15)23(27)24-22(17-6-2-3-7-18(17)31-24)26-25(28)21-14-29-19-8-4-5-9-20(19)30-21/h2-13,21H,14H2,1H3,(H,26,28)/t21-/m0/s1. The summed E-state index contributed by atoms with van der Waals surface area (Å²) in [7, 11) is 0. The highest BCUT2D eigenvalue weighted by Crippen LogP contribution is 2.34. The van der Waals surface area contributed by atoms with Crippen LogP contribution in [0.15, 0.2) is 77.2 Å². The van der Waals surface area contributed by atoms with E-state index < -0.39 is 12.0 Å². The second-order valence-electron chi connectivity index (χ2n) is 7.35. The molecule has 3 aromatic carbocycles. The number of carbonyl (C=O) groups excluding carboxylic acids is 2. The molecule has 0 spiro atoms. The summed E-state index contributed by atoms with van der Waals surface area (Å²) >= 11 is 0. The van der Waals surface area contributed by atoms with Crippen LogP contribution in [0.25, 0.3) is 11.0 Å². The third kappa shape index (κ3) is 3.53. The van der Waals surface area contributed by atoms with Gasteiger partial charge in [0.15, 0.2) is 17.3 Å². The molecule has 1 aromatic heterocycles. The number of aryl methyl sites for hydroxylation is 1. The first-order valence-corrected chi connectivity index (χ1v) is 9.92. The van der Waals surface area contributed by atoms with Crippen LogP contribution in [0.4, 0.5) is 5.69 Å². The van der Waals surface area contributed by atoms with Gasteiger partial charge in [-0.1, -0.05) is 54.1 Å². The average Bonchev–Trinajstić information content (AvgIpc) is 3.17. The first-order chi connectivity index (χ1) is 15.1. The number of rotatable bonds is 4. The number of hydrogen-bond acceptors (Lipinski definition) is 5. The van der Waals surface area contributed by atoms with Crippen molar-refractivity contribution in [3.05, 3.63) is 89.7 Å². The molecule has 0 saturated heterocycles. The topological polar surface area (TPSA) is 77.8 Å². The molecule has 154 valence electrons. The van der Waals surface area contributed by atoms with Gasteiger partial charge in [-0.05, 0) is 31.2 Å². The lowest BCUT2D eigenvalue weighted by atomic mass is 10.1. The molecular weight excluding hydrogens is 394 g/mol. The fourth-order valence-electron chi connectivity index (χ4n) is 3.52. The molecule has 2 heterocycles. The van der Waals surface area contributed by atoms with Gasteiger partial charge in [0, 0.05) is 10.9 Å².